The van der Waals surface area contributed by atoms with Crippen molar-refractivity contribution in [1.82, 2.24) is 10.4 Å². The predicted octanol–water partition coefficient (Wildman–Crippen LogP) is 4.66. The summed E-state index contributed by atoms with van der Waals surface area (Å²) >= 11 is 0. The number of aromatic nitrogens is 1. The Balaban J connectivity index is 1.58. The molecule has 4 rings (SSSR count). The third-order valence-corrected chi connectivity index (χ3v) is 4.31. The minimum absolute atomic E-state index is 0.321. The van der Waals surface area contributed by atoms with Crippen LogP contribution >= 0.6 is 0 Å². The van der Waals surface area contributed by atoms with Gasteiger partial charge in [0.15, 0.2) is 5.76 Å². The van der Waals surface area contributed by atoms with Gasteiger partial charge in [-0.15, -0.1) is 0 Å². The zero-order chi connectivity index (χ0) is 20.1. The number of carbonyl (C=O) groups is 1. The number of pyridine rings is 1. The summed E-state index contributed by atoms with van der Waals surface area (Å²) in [5.74, 6) is 1.07. The topological polar surface area (TPSA) is 76.7 Å². The van der Waals surface area contributed by atoms with Gasteiger partial charge in [0.2, 0.25) is 0 Å². The molecule has 6 heteroatoms. The zero-order valence-corrected chi connectivity index (χ0v) is 15.8. The molecule has 0 atom stereocenters. The highest BCUT2D eigenvalue weighted by molar-refractivity contribution is 6.07. The predicted molar refractivity (Wildman–Crippen MR) is 112 cm³/mol. The van der Waals surface area contributed by atoms with Crippen LogP contribution in [0.2, 0.25) is 0 Å². The van der Waals surface area contributed by atoms with Gasteiger partial charge < -0.3 is 9.15 Å². The number of hydrogen-bond donors (Lipinski definition) is 1. The van der Waals surface area contributed by atoms with E-state index in [-0.39, 0.29) is 5.91 Å². The molecule has 2 aromatic carbocycles. The monoisotopic (exact) mass is 385 g/mol. The van der Waals surface area contributed by atoms with Crippen molar-refractivity contribution in [2.45, 2.75) is 6.92 Å². The first-order valence-electron chi connectivity index (χ1n) is 9.24. The highest BCUT2D eigenvalue weighted by atomic mass is 16.5. The molecule has 4 aromatic rings. The van der Waals surface area contributed by atoms with Crippen LogP contribution in [-0.4, -0.2) is 23.7 Å². The summed E-state index contributed by atoms with van der Waals surface area (Å²) in [5, 5.41) is 4.83. The number of hydrogen-bond acceptors (Lipinski definition) is 5. The zero-order valence-electron chi connectivity index (χ0n) is 15.8. The molecular formula is C23H19N3O3. The molecule has 0 saturated carbocycles. The van der Waals surface area contributed by atoms with Crippen LogP contribution < -0.4 is 10.2 Å². The van der Waals surface area contributed by atoms with Gasteiger partial charge in [0.25, 0.3) is 5.91 Å². The molecule has 0 aliphatic rings. The van der Waals surface area contributed by atoms with Crippen molar-refractivity contribution in [3.05, 3.63) is 84.1 Å². The first-order chi connectivity index (χ1) is 14.2. The lowest BCUT2D eigenvalue weighted by molar-refractivity contribution is 0.0956. The molecule has 29 heavy (non-hydrogen) atoms. The number of fused-ring (bicyclic) bond motifs is 1. The maximum Gasteiger partial charge on any atom is 0.272 e. The van der Waals surface area contributed by atoms with Crippen LogP contribution in [-0.2, 0) is 0 Å². The van der Waals surface area contributed by atoms with Crippen LogP contribution in [0.3, 0.4) is 0 Å². The first kappa shape index (κ1) is 18.4. The Morgan fingerprint density at radius 3 is 2.72 bits per heavy atom. The summed E-state index contributed by atoms with van der Waals surface area (Å²) in [6.07, 6.45) is 3.16. The summed E-state index contributed by atoms with van der Waals surface area (Å²) in [7, 11) is 0. The van der Waals surface area contributed by atoms with Gasteiger partial charge in [0.1, 0.15) is 11.4 Å². The smallest absolute Gasteiger partial charge is 0.272 e. The van der Waals surface area contributed by atoms with Gasteiger partial charge >= 0.3 is 0 Å². The van der Waals surface area contributed by atoms with Crippen molar-refractivity contribution in [2.24, 2.45) is 5.10 Å². The minimum atomic E-state index is -0.321. The Hall–Kier alpha value is -3.93. The number of carbonyl (C=O) groups excluding carboxylic acids is 1. The molecule has 144 valence electrons. The van der Waals surface area contributed by atoms with Gasteiger partial charge in [0.05, 0.1) is 30.2 Å². The molecule has 6 nitrogen and oxygen atoms in total. The van der Waals surface area contributed by atoms with E-state index >= 15 is 0 Å². The molecule has 0 fully saturated rings. The fraction of sp³-hybridized carbons (Fsp3) is 0.0870. The number of amides is 1. The highest BCUT2D eigenvalue weighted by Gasteiger charge is 2.14. The van der Waals surface area contributed by atoms with E-state index < -0.39 is 0 Å². The quantitative estimate of drug-likeness (QED) is 0.387. The molecule has 1 amide bonds. The van der Waals surface area contributed by atoms with Crippen molar-refractivity contribution in [3.63, 3.8) is 0 Å². The van der Waals surface area contributed by atoms with E-state index in [1.165, 1.54) is 0 Å². The summed E-state index contributed by atoms with van der Waals surface area (Å²) in [4.78, 5) is 17.4. The lowest BCUT2D eigenvalue weighted by Crippen LogP contribution is -2.18. The summed E-state index contributed by atoms with van der Waals surface area (Å²) in [5.41, 5.74) is 5.22. The van der Waals surface area contributed by atoms with Crippen molar-refractivity contribution in [2.75, 3.05) is 6.61 Å². The molecule has 0 aliphatic heterocycles. The summed E-state index contributed by atoms with van der Waals surface area (Å²) in [6, 6.07) is 20.2. The van der Waals surface area contributed by atoms with Gasteiger partial charge in [0, 0.05) is 5.39 Å². The average molecular weight is 385 g/mol. The molecule has 0 spiro atoms. The first-order valence-corrected chi connectivity index (χ1v) is 9.24. The third kappa shape index (κ3) is 4.16. The van der Waals surface area contributed by atoms with Gasteiger partial charge in [-0.3, -0.25) is 4.79 Å². The number of benzene rings is 2. The van der Waals surface area contributed by atoms with Crippen molar-refractivity contribution < 1.29 is 13.9 Å². The second-order valence-electron chi connectivity index (χ2n) is 6.25. The van der Waals surface area contributed by atoms with Crippen LogP contribution in [0.5, 0.6) is 5.75 Å². The van der Waals surface area contributed by atoms with Gasteiger partial charge in [-0.25, -0.2) is 10.4 Å². The minimum Gasteiger partial charge on any atom is -0.494 e. The third-order valence-electron chi connectivity index (χ3n) is 4.31. The number of hydrazone groups is 1. The number of nitrogens with one attached hydrogen (secondary N) is 1. The SMILES string of the molecule is CCOc1ccc(/C=N\NC(=O)c2cc(-c3ccco3)nc3ccccc23)cc1. The second kappa shape index (κ2) is 8.39. The Morgan fingerprint density at radius 1 is 1.14 bits per heavy atom. The maximum absolute atomic E-state index is 12.8. The Morgan fingerprint density at radius 2 is 1.97 bits per heavy atom. The van der Waals surface area contributed by atoms with Crippen molar-refractivity contribution in [3.8, 4) is 17.2 Å². The van der Waals surface area contributed by atoms with Gasteiger partial charge in [-0.1, -0.05) is 18.2 Å². The van der Waals surface area contributed by atoms with E-state index in [2.05, 4.69) is 15.5 Å². The summed E-state index contributed by atoms with van der Waals surface area (Å²) in [6.45, 7) is 2.55. The van der Waals surface area contributed by atoms with Crippen LogP contribution in [0.1, 0.15) is 22.8 Å². The summed E-state index contributed by atoms with van der Waals surface area (Å²) < 4.78 is 10.9. The van der Waals surface area contributed by atoms with Crippen molar-refractivity contribution in [1.29, 1.82) is 0 Å². The Labute approximate surface area is 167 Å². The number of nitrogens with zero attached hydrogens (tertiary/aromatic N) is 2. The normalized spacial score (nSPS) is 11.1. The van der Waals surface area contributed by atoms with Gasteiger partial charge in [-0.05, 0) is 61.0 Å². The lowest BCUT2D eigenvalue weighted by atomic mass is 10.1. The molecule has 0 unspecified atom stereocenters. The largest absolute Gasteiger partial charge is 0.494 e. The molecule has 2 heterocycles. The highest BCUT2D eigenvalue weighted by Crippen LogP contribution is 2.25. The maximum atomic E-state index is 12.8. The fourth-order valence-electron chi connectivity index (χ4n) is 2.96. The van der Waals surface area contributed by atoms with E-state index in [1.807, 2.05) is 61.5 Å². The number of rotatable bonds is 6. The number of para-hydroxylation sites is 1. The Bertz CT molecular complexity index is 1150. The molecule has 0 aliphatic carbocycles. The molecule has 0 radical (unpaired) electrons. The lowest BCUT2D eigenvalue weighted by Gasteiger charge is -2.07. The van der Waals surface area contributed by atoms with Crippen LogP contribution in [0, 0.1) is 0 Å². The number of ether oxygens (including phenoxy) is 1. The molecule has 0 saturated heterocycles. The molecular weight excluding hydrogens is 366 g/mol. The van der Waals surface area contributed by atoms with Crippen LogP contribution in [0.25, 0.3) is 22.4 Å². The number of furan rings is 1. The molecule has 0 bridgehead atoms. The molecule has 2 aromatic heterocycles. The van der Waals surface area contributed by atoms with E-state index in [0.29, 0.717) is 29.1 Å². The van der Waals surface area contributed by atoms with E-state index in [9.17, 15) is 4.79 Å². The molecule has 1 N–H and O–H groups in total. The standard InChI is InChI=1S/C23H19N3O3/c1-2-28-17-11-9-16(10-12-17)15-24-26-23(27)19-14-21(22-8-5-13-29-22)25-20-7-4-3-6-18(19)20/h3-15H,2H2,1H3,(H,26,27)/b24-15-. The van der Waals surface area contributed by atoms with Crippen molar-refractivity contribution >= 4 is 23.0 Å². The van der Waals surface area contributed by atoms with Crippen LogP contribution in [0.4, 0.5) is 0 Å². The van der Waals surface area contributed by atoms with E-state index in [0.717, 1.165) is 16.7 Å². The van der Waals surface area contributed by atoms with Crippen LogP contribution in [0.15, 0.2) is 82.5 Å². The second-order valence-corrected chi connectivity index (χ2v) is 6.25. The van der Waals surface area contributed by atoms with Gasteiger partial charge in [-0.2, -0.15) is 5.10 Å². The fourth-order valence-corrected chi connectivity index (χ4v) is 2.96. The van der Waals surface area contributed by atoms with E-state index in [1.54, 1.807) is 24.6 Å². The Kier molecular flexibility index (Phi) is 5.33. The van der Waals surface area contributed by atoms with E-state index in [4.69, 9.17) is 9.15 Å². The average Bonchev–Trinajstić information content (AvgIpc) is 3.29.